The van der Waals surface area contributed by atoms with Crippen LogP contribution in [0.5, 0.6) is 0 Å². The quantitative estimate of drug-likeness (QED) is 0.666. The SMILES string of the molecule is Cc1csc(N2CCOC2=O)c1. The summed E-state index contributed by atoms with van der Waals surface area (Å²) in [5.41, 5.74) is 1.19. The summed E-state index contributed by atoms with van der Waals surface area (Å²) in [6.45, 7) is 3.20. The third-order valence-corrected chi connectivity index (χ3v) is 2.81. The molecule has 3 nitrogen and oxygen atoms in total. The minimum absolute atomic E-state index is 0.225. The van der Waals surface area contributed by atoms with E-state index in [4.69, 9.17) is 4.74 Å². The van der Waals surface area contributed by atoms with E-state index < -0.39 is 0 Å². The zero-order valence-electron chi connectivity index (χ0n) is 6.74. The Kier molecular flexibility index (Phi) is 1.77. The molecule has 0 saturated carbocycles. The number of hydrogen-bond donors (Lipinski definition) is 0. The number of carbonyl (C=O) groups is 1. The second-order valence-electron chi connectivity index (χ2n) is 2.73. The van der Waals surface area contributed by atoms with Gasteiger partial charge in [0.1, 0.15) is 11.6 Å². The molecule has 0 atom stereocenters. The Labute approximate surface area is 74.6 Å². The van der Waals surface area contributed by atoms with Gasteiger partial charge in [0, 0.05) is 0 Å². The van der Waals surface area contributed by atoms with Crippen molar-refractivity contribution in [3.8, 4) is 0 Å². The first-order valence-electron chi connectivity index (χ1n) is 3.77. The van der Waals surface area contributed by atoms with Crippen LogP contribution in [0, 0.1) is 6.92 Å². The van der Waals surface area contributed by atoms with E-state index in [2.05, 4.69) is 0 Å². The van der Waals surface area contributed by atoms with Gasteiger partial charge in [-0.2, -0.15) is 0 Å². The lowest BCUT2D eigenvalue weighted by atomic mass is 10.4. The van der Waals surface area contributed by atoms with Gasteiger partial charge >= 0.3 is 6.09 Å². The van der Waals surface area contributed by atoms with E-state index in [1.165, 1.54) is 5.56 Å². The van der Waals surface area contributed by atoms with E-state index in [0.29, 0.717) is 13.2 Å². The van der Waals surface area contributed by atoms with Crippen LogP contribution in [-0.4, -0.2) is 19.2 Å². The highest BCUT2D eigenvalue weighted by Gasteiger charge is 2.24. The maximum atomic E-state index is 11.1. The molecule has 0 aliphatic carbocycles. The van der Waals surface area contributed by atoms with E-state index >= 15 is 0 Å². The molecule has 4 heteroatoms. The van der Waals surface area contributed by atoms with E-state index in [1.54, 1.807) is 16.2 Å². The first kappa shape index (κ1) is 7.61. The fourth-order valence-corrected chi connectivity index (χ4v) is 2.07. The van der Waals surface area contributed by atoms with Gasteiger partial charge in [-0.05, 0) is 23.9 Å². The van der Waals surface area contributed by atoms with E-state index in [9.17, 15) is 4.79 Å². The smallest absolute Gasteiger partial charge is 0.415 e. The molecule has 1 aliphatic rings. The van der Waals surface area contributed by atoms with Crippen LogP contribution in [0.2, 0.25) is 0 Å². The third kappa shape index (κ3) is 1.18. The molecule has 0 aromatic carbocycles. The van der Waals surface area contributed by atoms with Gasteiger partial charge in [0.2, 0.25) is 0 Å². The van der Waals surface area contributed by atoms with Gasteiger partial charge in [-0.1, -0.05) is 0 Å². The summed E-state index contributed by atoms with van der Waals surface area (Å²) in [5.74, 6) is 0. The van der Waals surface area contributed by atoms with Crippen LogP contribution in [0.15, 0.2) is 11.4 Å². The average Bonchev–Trinajstić information content (AvgIpc) is 2.58. The van der Waals surface area contributed by atoms with Crippen molar-refractivity contribution in [2.45, 2.75) is 6.92 Å². The van der Waals surface area contributed by atoms with Crippen molar-refractivity contribution in [1.82, 2.24) is 0 Å². The lowest BCUT2D eigenvalue weighted by Gasteiger charge is -2.07. The zero-order valence-corrected chi connectivity index (χ0v) is 7.56. The number of anilines is 1. The van der Waals surface area contributed by atoms with Gasteiger partial charge in [-0.15, -0.1) is 11.3 Å². The Morgan fingerprint density at radius 1 is 1.67 bits per heavy atom. The molecule has 0 spiro atoms. The minimum atomic E-state index is -0.225. The maximum absolute atomic E-state index is 11.1. The summed E-state index contributed by atoms with van der Waals surface area (Å²) in [7, 11) is 0. The number of carbonyl (C=O) groups excluding carboxylic acids is 1. The molecule has 0 unspecified atom stereocenters. The largest absolute Gasteiger partial charge is 0.447 e. The maximum Gasteiger partial charge on any atom is 0.415 e. The second kappa shape index (κ2) is 2.79. The van der Waals surface area contributed by atoms with Crippen molar-refractivity contribution in [1.29, 1.82) is 0 Å². The van der Waals surface area contributed by atoms with E-state index in [-0.39, 0.29) is 6.09 Å². The summed E-state index contributed by atoms with van der Waals surface area (Å²) in [6.07, 6.45) is -0.225. The minimum Gasteiger partial charge on any atom is -0.447 e. The Morgan fingerprint density at radius 3 is 3.00 bits per heavy atom. The summed E-state index contributed by atoms with van der Waals surface area (Å²) in [4.78, 5) is 12.8. The van der Waals surface area contributed by atoms with Gasteiger partial charge in [0.05, 0.1) is 6.54 Å². The predicted octanol–water partition coefficient (Wildman–Crippen LogP) is 2.01. The first-order chi connectivity index (χ1) is 5.77. The molecule has 1 fully saturated rings. The zero-order chi connectivity index (χ0) is 8.55. The Balaban J connectivity index is 2.24. The Bertz CT molecular complexity index is 308. The highest BCUT2D eigenvalue weighted by atomic mass is 32.1. The van der Waals surface area contributed by atoms with E-state index in [1.807, 2.05) is 18.4 Å². The molecule has 12 heavy (non-hydrogen) atoms. The molecule has 0 bridgehead atoms. The van der Waals surface area contributed by atoms with Crippen molar-refractivity contribution in [3.63, 3.8) is 0 Å². The van der Waals surface area contributed by atoms with Crippen LogP contribution in [0.25, 0.3) is 0 Å². The molecule has 64 valence electrons. The molecule has 1 aromatic rings. The number of thiophene rings is 1. The van der Waals surface area contributed by atoms with Crippen LogP contribution < -0.4 is 4.90 Å². The summed E-state index contributed by atoms with van der Waals surface area (Å²) >= 11 is 1.58. The molecule has 1 aromatic heterocycles. The summed E-state index contributed by atoms with van der Waals surface area (Å²) in [5, 5.41) is 3.01. The van der Waals surface area contributed by atoms with Crippen molar-refractivity contribution < 1.29 is 9.53 Å². The molecule has 1 aliphatic heterocycles. The Hall–Kier alpha value is -1.03. The topological polar surface area (TPSA) is 29.5 Å². The first-order valence-corrected chi connectivity index (χ1v) is 4.65. The van der Waals surface area contributed by atoms with Gasteiger partial charge in [0.15, 0.2) is 0 Å². The summed E-state index contributed by atoms with van der Waals surface area (Å²) < 4.78 is 4.82. The highest BCUT2D eigenvalue weighted by molar-refractivity contribution is 7.14. The van der Waals surface area contributed by atoms with Crippen molar-refractivity contribution in [2.75, 3.05) is 18.1 Å². The number of ether oxygens (including phenoxy) is 1. The number of amides is 1. The average molecular weight is 183 g/mol. The molecule has 0 N–H and O–H groups in total. The van der Waals surface area contributed by atoms with Crippen molar-refractivity contribution in [2.24, 2.45) is 0 Å². The molecule has 1 amide bonds. The fraction of sp³-hybridized carbons (Fsp3) is 0.375. The molecule has 2 heterocycles. The number of cyclic esters (lactones) is 1. The van der Waals surface area contributed by atoms with Gasteiger partial charge in [0.25, 0.3) is 0 Å². The van der Waals surface area contributed by atoms with Gasteiger partial charge < -0.3 is 4.74 Å². The van der Waals surface area contributed by atoms with E-state index in [0.717, 1.165) is 5.00 Å². The second-order valence-corrected chi connectivity index (χ2v) is 3.62. The Morgan fingerprint density at radius 2 is 2.50 bits per heavy atom. The molecular weight excluding hydrogens is 174 g/mol. The third-order valence-electron chi connectivity index (χ3n) is 1.74. The molecule has 2 rings (SSSR count). The van der Waals surface area contributed by atoms with Crippen LogP contribution in [0.1, 0.15) is 5.56 Å². The van der Waals surface area contributed by atoms with Crippen LogP contribution in [0.4, 0.5) is 9.80 Å². The number of rotatable bonds is 1. The normalized spacial score (nSPS) is 16.8. The lowest BCUT2D eigenvalue weighted by Crippen LogP contribution is -2.21. The van der Waals surface area contributed by atoms with Gasteiger partial charge in [-0.3, -0.25) is 4.90 Å². The van der Waals surface area contributed by atoms with Crippen LogP contribution in [0.3, 0.4) is 0 Å². The predicted molar refractivity (Wildman–Crippen MR) is 47.8 cm³/mol. The van der Waals surface area contributed by atoms with Crippen molar-refractivity contribution >= 4 is 22.4 Å². The standard InChI is InChI=1S/C8H9NO2S/c1-6-4-7(12-5-6)9-2-3-11-8(9)10/h4-5H,2-3H2,1H3. The monoisotopic (exact) mass is 183 g/mol. The lowest BCUT2D eigenvalue weighted by molar-refractivity contribution is 0.181. The van der Waals surface area contributed by atoms with Crippen LogP contribution in [-0.2, 0) is 4.74 Å². The molecule has 1 saturated heterocycles. The number of nitrogens with zero attached hydrogens (tertiary/aromatic N) is 1. The van der Waals surface area contributed by atoms with Crippen molar-refractivity contribution in [3.05, 3.63) is 17.0 Å². The number of hydrogen-bond acceptors (Lipinski definition) is 3. The summed E-state index contributed by atoms with van der Waals surface area (Å²) in [6, 6.07) is 2.00. The number of aryl methyl sites for hydroxylation is 1. The fourth-order valence-electron chi connectivity index (χ4n) is 1.15. The van der Waals surface area contributed by atoms with Crippen LogP contribution >= 0.6 is 11.3 Å². The molecule has 0 radical (unpaired) electrons. The van der Waals surface area contributed by atoms with Gasteiger partial charge in [-0.25, -0.2) is 4.79 Å². The molecular formula is C8H9NO2S. The highest BCUT2D eigenvalue weighted by Crippen LogP contribution is 2.26.